The van der Waals surface area contributed by atoms with Crippen LogP contribution in [0.4, 0.5) is 11.7 Å². The number of nitrogens with zero attached hydrogens (tertiary/aromatic N) is 2. The van der Waals surface area contributed by atoms with Crippen LogP contribution in [-0.2, 0) is 12.8 Å². The molecular formula is C18H17N3O4. The van der Waals surface area contributed by atoms with Crippen LogP contribution < -0.4 is 10.1 Å². The van der Waals surface area contributed by atoms with Gasteiger partial charge in [0.2, 0.25) is 5.89 Å². The number of carboxylic acids is 1. The molecule has 0 amide bonds. The maximum absolute atomic E-state index is 11.2. The van der Waals surface area contributed by atoms with Crippen LogP contribution in [0.5, 0.6) is 5.75 Å². The second-order valence-corrected chi connectivity index (χ2v) is 5.32. The maximum atomic E-state index is 11.2. The molecule has 7 heteroatoms. The van der Waals surface area contributed by atoms with Crippen molar-refractivity contribution in [2.24, 2.45) is 0 Å². The van der Waals surface area contributed by atoms with E-state index in [4.69, 9.17) is 9.15 Å². The highest BCUT2D eigenvalue weighted by molar-refractivity contribution is 5.94. The summed E-state index contributed by atoms with van der Waals surface area (Å²) in [6.07, 6.45) is 1.33. The van der Waals surface area contributed by atoms with Gasteiger partial charge in [0.05, 0.1) is 18.4 Å². The van der Waals surface area contributed by atoms with E-state index in [1.165, 1.54) is 6.07 Å². The fourth-order valence-electron chi connectivity index (χ4n) is 2.34. The van der Waals surface area contributed by atoms with Crippen molar-refractivity contribution in [3.05, 3.63) is 65.5 Å². The molecular weight excluding hydrogens is 322 g/mol. The van der Waals surface area contributed by atoms with Gasteiger partial charge in [-0.2, -0.15) is 0 Å². The lowest BCUT2D eigenvalue weighted by molar-refractivity contribution is 0.0698. The van der Waals surface area contributed by atoms with Crippen LogP contribution in [0.15, 0.2) is 52.9 Å². The average Bonchev–Trinajstić information content (AvgIpc) is 3.08. The SMILES string of the molecule is COc1ccc(CCc2nnc(Nc3ccccc3C(=O)O)o2)cc1. The maximum Gasteiger partial charge on any atom is 0.337 e. The Labute approximate surface area is 144 Å². The normalized spacial score (nSPS) is 10.4. The molecule has 1 aromatic heterocycles. The molecule has 0 spiro atoms. The summed E-state index contributed by atoms with van der Waals surface area (Å²) < 4.78 is 10.7. The van der Waals surface area contributed by atoms with Gasteiger partial charge in [-0.15, -0.1) is 5.10 Å². The number of hydrogen-bond donors (Lipinski definition) is 2. The number of aromatic carboxylic acids is 1. The Hall–Kier alpha value is -3.35. The summed E-state index contributed by atoms with van der Waals surface area (Å²) in [4.78, 5) is 11.2. The molecule has 128 valence electrons. The Morgan fingerprint density at radius 1 is 1.12 bits per heavy atom. The van der Waals surface area contributed by atoms with Crippen LogP contribution in [0.1, 0.15) is 21.8 Å². The van der Waals surface area contributed by atoms with Crippen molar-refractivity contribution < 1.29 is 19.1 Å². The van der Waals surface area contributed by atoms with E-state index in [1.54, 1.807) is 25.3 Å². The quantitative estimate of drug-likeness (QED) is 0.681. The van der Waals surface area contributed by atoms with Crippen LogP contribution in [0.2, 0.25) is 0 Å². The Bertz CT molecular complexity index is 859. The molecule has 25 heavy (non-hydrogen) atoms. The van der Waals surface area contributed by atoms with Crippen molar-refractivity contribution in [1.29, 1.82) is 0 Å². The smallest absolute Gasteiger partial charge is 0.337 e. The van der Waals surface area contributed by atoms with E-state index in [9.17, 15) is 9.90 Å². The number of rotatable bonds is 7. The molecule has 0 unspecified atom stereocenters. The predicted molar refractivity (Wildman–Crippen MR) is 91.4 cm³/mol. The molecule has 0 aliphatic carbocycles. The lowest BCUT2D eigenvalue weighted by Crippen LogP contribution is -2.02. The summed E-state index contributed by atoms with van der Waals surface area (Å²) in [5, 5.41) is 19.9. The highest BCUT2D eigenvalue weighted by Crippen LogP contribution is 2.20. The lowest BCUT2D eigenvalue weighted by Gasteiger charge is -2.04. The van der Waals surface area contributed by atoms with Crippen molar-refractivity contribution in [1.82, 2.24) is 10.2 Å². The first-order valence-electron chi connectivity index (χ1n) is 7.70. The number of aromatic nitrogens is 2. The zero-order chi connectivity index (χ0) is 17.6. The minimum atomic E-state index is -1.03. The number of methoxy groups -OCH3 is 1. The van der Waals surface area contributed by atoms with Gasteiger partial charge in [-0.25, -0.2) is 4.79 Å². The number of anilines is 2. The van der Waals surface area contributed by atoms with Gasteiger partial charge in [-0.1, -0.05) is 29.4 Å². The van der Waals surface area contributed by atoms with Gasteiger partial charge < -0.3 is 19.6 Å². The predicted octanol–water partition coefficient (Wildman–Crippen LogP) is 3.31. The molecule has 7 nitrogen and oxygen atoms in total. The highest BCUT2D eigenvalue weighted by atomic mass is 16.5. The fraction of sp³-hybridized carbons (Fsp3) is 0.167. The second kappa shape index (κ2) is 7.48. The van der Waals surface area contributed by atoms with Crippen molar-refractivity contribution in [2.75, 3.05) is 12.4 Å². The molecule has 0 saturated carbocycles. The largest absolute Gasteiger partial charge is 0.497 e. The summed E-state index contributed by atoms with van der Waals surface area (Å²) in [5.74, 6) is 0.263. The first kappa shape index (κ1) is 16.5. The first-order chi connectivity index (χ1) is 12.2. The molecule has 0 radical (unpaired) electrons. The van der Waals surface area contributed by atoms with E-state index >= 15 is 0 Å². The molecule has 3 aromatic rings. The van der Waals surface area contributed by atoms with E-state index in [0.29, 0.717) is 18.0 Å². The van der Waals surface area contributed by atoms with Gasteiger partial charge in [0.15, 0.2) is 0 Å². The monoisotopic (exact) mass is 339 g/mol. The fourth-order valence-corrected chi connectivity index (χ4v) is 2.34. The molecule has 0 bridgehead atoms. The number of ether oxygens (including phenoxy) is 1. The number of aryl methyl sites for hydroxylation is 2. The summed E-state index contributed by atoms with van der Waals surface area (Å²) in [7, 11) is 1.63. The molecule has 3 rings (SSSR count). The molecule has 0 saturated heterocycles. The van der Waals surface area contributed by atoms with Gasteiger partial charge in [-0.3, -0.25) is 0 Å². The third-order valence-electron chi connectivity index (χ3n) is 3.65. The Morgan fingerprint density at radius 3 is 2.60 bits per heavy atom. The zero-order valence-electron chi connectivity index (χ0n) is 13.6. The van der Waals surface area contributed by atoms with E-state index in [1.807, 2.05) is 24.3 Å². The molecule has 0 aliphatic rings. The number of carbonyl (C=O) groups is 1. The number of para-hydroxylation sites is 1. The number of benzene rings is 2. The third kappa shape index (κ3) is 4.14. The molecule has 0 atom stereocenters. The van der Waals surface area contributed by atoms with Crippen LogP contribution in [0.3, 0.4) is 0 Å². The van der Waals surface area contributed by atoms with E-state index < -0.39 is 5.97 Å². The van der Waals surface area contributed by atoms with Gasteiger partial charge >= 0.3 is 12.0 Å². The molecule has 1 heterocycles. The first-order valence-corrected chi connectivity index (χ1v) is 7.70. The van der Waals surface area contributed by atoms with Gasteiger partial charge in [-0.05, 0) is 36.2 Å². The lowest BCUT2D eigenvalue weighted by atomic mass is 10.1. The summed E-state index contributed by atoms with van der Waals surface area (Å²) in [5.41, 5.74) is 1.67. The highest BCUT2D eigenvalue weighted by Gasteiger charge is 2.12. The van der Waals surface area contributed by atoms with Crippen molar-refractivity contribution in [3.8, 4) is 5.75 Å². The third-order valence-corrected chi connectivity index (χ3v) is 3.65. The average molecular weight is 339 g/mol. The van der Waals surface area contributed by atoms with E-state index in [2.05, 4.69) is 15.5 Å². The number of hydrogen-bond acceptors (Lipinski definition) is 6. The molecule has 0 aliphatic heterocycles. The van der Waals surface area contributed by atoms with Gasteiger partial charge in [0.25, 0.3) is 0 Å². The van der Waals surface area contributed by atoms with Crippen LogP contribution in [-0.4, -0.2) is 28.4 Å². The minimum Gasteiger partial charge on any atom is -0.497 e. The molecule has 2 N–H and O–H groups in total. The summed E-state index contributed by atoms with van der Waals surface area (Å²) in [6.45, 7) is 0. The minimum absolute atomic E-state index is 0.139. The van der Waals surface area contributed by atoms with Crippen LogP contribution in [0, 0.1) is 0 Å². The molecule has 0 fully saturated rings. The Balaban J connectivity index is 1.63. The number of nitrogens with one attached hydrogen (secondary N) is 1. The number of carboxylic acid groups (broad SMARTS) is 1. The van der Waals surface area contributed by atoms with E-state index in [-0.39, 0.29) is 11.6 Å². The molecule has 2 aromatic carbocycles. The van der Waals surface area contributed by atoms with Crippen LogP contribution in [0.25, 0.3) is 0 Å². The van der Waals surface area contributed by atoms with Crippen molar-refractivity contribution in [2.45, 2.75) is 12.8 Å². The Kier molecular flexibility index (Phi) is 4.94. The zero-order valence-corrected chi connectivity index (χ0v) is 13.6. The summed E-state index contributed by atoms with van der Waals surface area (Å²) in [6, 6.07) is 14.5. The van der Waals surface area contributed by atoms with Crippen molar-refractivity contribution >= 4 is 17.7 Å². The van der Waals surface area contributed by atoms with Gasteiger partial charge in [0.1, 0.15) is 5.75 Å². The van der Waals surface area contributed by atoms with Gasteiger partial charge in [0, 0.05) is 6.42 Å². The Morgan fingerprint density at radius 2 is 1.88 bits per heavy atom. The second-order valence-electron chi connectivity index (χ2n) is 5.32. The topological polar surface area (TPSA) is 97.5 Å². The van der Waals surface area contributed by atoms with Crippen molar-refractivity contribution in [3.63, 3.8) is 0 Å². The van der Waals surface area contributed by atoms with E-state index in [0.717, 1.165) is 17.7 Å². The summed E-state index contributed by atoms with van der Waals surface area (Å²) >= 11 is 0. The standard InChI is InChI=1S/C18H17N3O4/c1-24-13-9-6-12(7-10-13)8-11-16-20-21-18(25-16)19-15-5-3-2-4-14(15)17(22)23/h2-7,9-10H,8,11H2,1H3,(H,19,21)(H,22,23). The van der Waals surface area contributed by atoms with Crippen LogP contribution >= 0.6 is 0 Å².